The molecule has 36 heavy (non-hydrogen) atoms. The van der Waals surface area contributed by atoms with Crippen molar-refractivity contribution in [1.29, 1.82) is 0 Å². The van der Waals surface area contributed by atoms with Gasteiger partial charge in [-0.1, -0.05) is 93.8 Å². The van der Waals surface area contributed by atoms with Gasteiger partial charge in [-0.05, 0) is 43.2 Å². The minimum atomic E-state index is -0.0171. The van der Waals surface area contributed by atoms with Crippen LogP contribution in [0.15, 0.2) is 65.7 Å². The van der Waals surface area contributed by atoms with Gasteiger partial charge in [0.15, 0.2) is 0 Å². The fraction of sp³-hybridized carbons (Fsp3) is 0.345. The molecule has 5 nitrogen and oxygen atoms in total. The lowest BCUT2D eigenvalue weighted by Gasteiger charge is -2.13. The third-order valence-electron chi connectivity index (χ3n) is 6.03. The van der Waals surface area contributed by atoms with Crippen molar-refractivity contribution in [2.45, 2.75) is 52.4 Å². The van der Waals surface area contributed by atoms with Gasteiger partial charge in [0.1, 0.15) is 15.8 Å². The first-order valence-corrected chi connectivity index (χ1v) is 14.0. The number of thiocarbonyl (C=S) groups is 1. The van der Waals surface area contributed by atoms with Gasteiger partial charge in [0, 0.05) is 23.9 Å². The standard InChI is InChI=1S/C29H33N3O2S2/c1-3-5-7-11-17-31-28(33)26(36-29(31)35)20-23-21-32(24-14-9-8-10-15-24)30-27(23)22-13-12-16-25(19-22)34-18-6-4-2/h8-10,12-16,19-21H,3-7,11,17-18H2,1-2H3/b26-20-. The van der Waals surface area contributed by atoms with E-state index in [4.69, 9.17) is 22.1 Å². The number of ether oxygens (including phenoxy) is 1. The molecule has 0 unspecified atom stereocenters. The molecule has 0 aliphatic carbocycles. The molecule has 1 aliphatic rings. The van der Waals surface area contributed by atoms with Gasteiger partial charge in [-0.3, -0.25) is 9.69 Å². The summed E-state index contributed by atoms with van der Waals surface area (Å²) < 4.78 is 8.43. The van der Waals surface area contributed by atoms with Crippen molar-refractivity contribution < 1.29 is 9.53 Å². The quantitative estimate of drug-likeness (QED) is 0.141. The average molecular weight is 520 g/mol. The van der Waals surface area contributed by atoms with Gasteiger partial charge in [-0.15, -0.1) is 0 Å². The largest absolute Gasteiger partial charge is 0.494 e. The fourth-order valence-electron chi connectivity index (χ4n) is 4.03. The molecule has 7 heteroatoms. The molecule has 2 heterocycles. The number of rotatable bonds is 12. The number of amides is 1. The van der Waals surface area contributed by atoms with E-state index in [0.29, 0.717) is 22.4 Å². The summed E-state index contributed by atoms with van der Waals surface area (Å²) in [5, 5.41) is 4.91. The molecule has 1 aromatic heterocycles. The van der Waals surface area contributed by atoms with Crippen molar-refractivity contribution in [3.8, 4) is 22.7 Å². The number of carbonyl (C=O) groups is 1. The molecule has 1 saturated heterocycles. The maximum atomic E-state index is 13.2. The summed E-state index contributed by atoms with van der Waals surface area (Å²) in [6.07, 6.45) is 10.4. The summed E-state index contributed by atoms with van der Waals surface area (Å²) in [5.41, 5.74) is 3.57. The van der Waals surface area contributed by atoms with Crippen LogP contribution in [0, 0.1) is 0 Å². The first-order chi connectivity index (χ1) is 17.6. The minimum absolute atomic E-state index is 0.0171. The Kier molecular flexibility index (Phi) is 9.36. The van der Waals surface area contributed by atoms with E-state index in [2.05, 4.69) is 13.8 Å². The molecule has 188 valence electrons. The Labute approximate surface area is 223 Å². The predicted octanol–water partition coefficient (Wildman–Crippen LogP) is 7.50. The van der Waals surface area contributed by atoms with Crippen LogP contribution in [0.5, 0.6) is 5.75 Å². The highest BCUT2D eigenvalue weighted by Crippen LogP contribution is 2.35. The summed E-state index contributed by atoms with van der Waals surface area (Å²) in [7, 11) is 0. The van der Waals surface area contributed by atoms with Crippen LogP contribution in [0.2, 0.25) is 0 Å². The van der Waals surface area contributed by atoms with Crippen molar-refractivity contribution in [2.75, 3.05) is 13.2 Å². The number of para-hydroxylation sites is 1. The van der Waals surface area contributed by atoms with Crippen LogP contribution in [0.1, 0.15) is 57.9 Å². The van der Waals surface area contributed by atoms with Crippen molar-refractivity contribution in [1.82, 2.24) is 14.7 Å². The number of benzene rings is 2. The Bertz CT molecular complexity index is 1220. The highest BCUT2D eigenvalue weighted by Gasteiger charge is 2.32. The lowest BCUT2D eigenvalue weighted by molar-refractivity contribution is -0.122. The number of nitrogens with zero attached hydrogens (tertiary/aromatic N) is 3. The van der Waals surface area contributed by atoms with E-state index in [1.165, 1.54) is 18.2 Å². The monoisotopic (exact) mass is 519 g/mol. The Morgan fingerprint density at radius 3 is 2.58 bits per heavy atom. The first kappa shape index (κ1) is 26.2. The highest BCUT2D eigenvalue weighted by molar-refractivity contribution is 8.26. The van der Waals surface area contributed by atoms with Crippen molar-refractivity contribution in [2.24, 2.45) is 0 Å². The minimum Gasteiger partial charge on any atom is -0.494 e. The van der Waals surface area contributed by atoms with Crippen LogP contribution in [-0.2, 0) is 4.79 Å². The number of aromatic nitrogens is 2. The van der Waals surface area contributed by atoms with Gasteiger partial charge < -0.3 is 4.74 Å². The summed E-state index contributed by atoms with van der Waals surface area (Å²) in [6, 6.07) is 18.0. The van der Waals surface area contributed by atoms with Crippen LogP contribution < -0.4 is 4.74 Å². The van der Waals surface area contributed by atoms with E-state index in [9.17, 15) is 4.79 Å². The topological polar surface area (TPSA) is 47.4 Å². The molecule has 0 atom stereocenters. The van der Waals surface area contributed by atoms with Crippen LogP contribution in [-0.4, -0.2) is 38.1 Å². The zero-order valence-corrected chi connectivity index (χ0v) is 22.6. The molecule has 1 aliphatic heterocycles. The second kappa shape index (κ2) is 12.9. The van der Waals surface area contributed by atoms with E-state index < -0.39 is 0 Å². The van der Waals surface area contributed by atoms with Crippen molar-refractivity contribution in [3.05, 3.63) is 71.3 Å². The second-order valence-corrected chi connectivity index (χ2v) is 10.5. The maximum Gasteiger partial charge on any atom is 0.266 e. The highest BCUT2D eigenvalue weighted by atomic mass is 32.2. The summed E-state index contributed by atoms with van der Waals surface area (Å²) in [4.78, 5) is 15.6. The third kappa shape index (κ3) is 6.45. The second-order valence-electron chi connectivity index (χ2n) is 8.84. The molecule has 3 aromatic rings. The van der Waals surface area contributed by atoms with Crippen LogP contribution in [0.3, 0.4) is 0 Å². The first-order valence-electron chi connectivity index (χ1n) is 12.7. The SMILES string of the molecule is CCCCCCN1C(=O)/C(=C/c2cn(-c3ccccc3)nc2-c2cccc(OCCCC)c2)SC1=S. The Hall–Kier alpha value is -2.90. The molecule has 0 N–H and O–H groups in total. The van der Waals surface area contributed by atoms with Gasteiger partial charge in [-0.2, -0.15) is 5.10 Å². The lowest BCUT2D eigenvalue weighted by Crippen LogP contribution is -2.29. The number of unbranched alkanes of at least 4 members (excludes halogenated alkanes) is 4. The summed E-state index contributed by atoms with van der Waals surface area (Å²) >= 11 is 6.93. The molecule has 4 rings (SSSR count). The number of hydrogen-bond donors (Lipinski definition) is 0. The smallest absolute Gasteiger partial charge is 0.266 e. The normalized spacial score (nSPS) is 14.7. The van der Waals surface area contributed by atoms with Gasteiger partial charge in [0.25, 0.3) is 5.91 Å². The predicted molar refractivity (Wildman–Crippen MR) is 153 cm³/mol. The van der Waals surface area contributed by atoms with Crippen LogP contribution in [0.4, 0.5) is 0 Å². The Morgan fingerprint density at radius 1 is 1.00 bits per heavy atom. The number of carbonyl (C=O) groups excluding carboxylic acids is 1. The van der Waals surface area contributed by atoms with Gasteiger partial charge >= 0.3 is 0 Å². The Balaban J connectivity index is 1.66. The van der Waals surface area contributed by atoms with Gasteiger partial charge in [-0.25, -0.2) is 4.68 Å². The lowest BCUT2D eigenvalue weighted by atomic mass is 10.1. The molecule has 0 spiro atoms. The summed E-state index contributed by atoms with van der Waals surface area (Å²) in [5.74, 6) is 0.802. The molecular formula is C29H33N3O2S2. The fourth-order valence-corrected chi connectivity index (χ4v) is 5.33. The molecule has 0 saturated carbocycles. The molecule has 0 radical (unpaired) electrons. The molecular weight excluding hydrogens is 486 g/mol. The number of thioether (sulfide) groups is 1. The zero-order valence-electron chi connectivity index (χ0n) is 21.0. The van der Waals surface area contributed by atoms with Crippen molar-refractivity contribution in [3.63, 3.8) is 0 Å². The molecule has 2 aromatic carbocycles. The maximum absolute atomic E-state index is 13.2. The third-order valence-corrected chi connectivity index (χ3v) is 7.41. The van der Waals surface area contributed by atoms with E-state index in [1.807, 2.05) is 71.6 Å². The van der Waals surface area contributed by atoms with Gasteiger partial charge in [0.2, 0.25) is 0 Å². The van der Waals surface area contributed by atoms with Gasteiger partial charge in [0.05, 0.1) is 17.2 Å². The van der Waals surface area contributed by atoms with E-state index in [0.717, 1.165) is 60.4 Å². The van der Waals surface area contributed by atoms with E-state index in [1.54, 1.807) is 4.90 Å². The summed E-state index contributed by atoms with van der Waals surface area (Å²) in [6.45, 7) is 5.69. The zero-order chi connectivity index (χ0) is 25.3. The van der Waals surface area contributed by atoms with E-state index in [-0.39, 0.29) is 5.91 Å². The van der Waals surface area contributed by atoms with Crippen molar-refractivity contribution >= 4 is 40.3 Å². The molecule has 1 fully saturated rings. The van der Waals surface area contributed by atoms with E-state index >= 15 is 0 Å². The molecule has 1 amide bonds. The Morgan fingerprint density at radius 2 is 1.81 bits per heavy atom. The van der Waals surface area contributed by atoms with Crippen LogP contribution in [0.25, 0.3) is 23.0 Å². The van der Waals surface area contributed by atoms with Crippen LogP contribution >= 0.6 is 24.0 Å². The average Bonchev–Trinajstić information content (AvgIpc) is 3.43. The number of hydrogen-bond acceptors (Lipinski definition) is 5. The molecule has 0 bridgehead atoms.